The molecule has 4 nitrogen and oxygen atoms in total. The average molecular weight is 215 g/mol. The highest BCUT2D eigenvalue weighted by Gasteiger charge is 2.36. The first-order valence-corrected chi connectivity index (χ1v) is 5.50. The molecule has 4 heteroatoms. The van der Waals surface area contributed by atoms with Crippen molar-refractivity contribution < 1.29 is 14.7 Å². The highest BCUT2D eigenvalue weighted by Crippen LogP contribution is 2.35. The van der Waals surface area contributed by atoms with Crippen molar-refractivity contribution in [3.8, 4) is 0 Å². The molecule has 0 rings (SSSR count). The van der Waals surface area contributed by atoms with Gasteiger partial charge in [-0.1, -0.05) is 26.7 Å². The highest BCUT2D eigenvalue weighted by atomic mass is 16.4. The summed E-state index contributed by atoms with van der Waals surface area (Å²) in [6.45, 7) is 3.91. The van der Waals surface area contributed by atoms with E-state index < -0.39 is 17.3 Å². The topological polar surface area (TPSA) is 80.4 Å². The molecule has 0 saturated heterocycles. The lowest BCUT2D eigenvalue weighted by Gasteiger charge is -2.28. The predicted molar refractivity (Wildman–Crippen MR) is 58.3 cm³/mol. The van der Waals surface area contributed by atoms with Crippen molar-refractivity contribution in [3.05, 3.63) is 0 Å². The molecule has 0 aromatic rings. The summed E-state index contributed by atoms with van der Waals surface area (Å²) in [5.41, 5.74) is 4.31. The molecular formula is C11H21NO3. The van der Waals surface area contributed by atoms with Crippen LogP contribution in [0.4, 0.5) is 0 Å². The van der Waals surface area contributed by atoms with E-state index in [9.17, 15) is 14.7 Å². The minimum atomic E-state index is -0.799. The van der Waals surface area contributed by atoms with Crippen LogP contribution in [0.25, 0.3) is 0 Å². The molecule has 88 valence electrons. The second kappa shape index (κ2) is 6.43. The Hall–Kier alpha value is -1.06. The van der Waals surface area contributed by atoms with Gasteiger partial charge in [0, 0.05) is 6.42 Å². The molecule has 0 spiro atoms. The van der Waals surface area contributed by atoms with E-state index in [0.717, 1.165) is 12.8 Å². The maximum Gasteiger partial charge on any atom is 0.309 e. The number of nitrogens with two attached hydrogens (primary N) is 1. The summed E-state index contributed by atoms with van der Waals surface area (Å²) in [5, 5.41) is 9.25. The first-order chi connectivity index (χ1) is 6.98. The van der Waals surface area contributed by atoms with Crippen molar-refractivity contribution in [3.63, 3.8) is 0 Å². The van der Waals surface area contributed by atoms with E-state index in [1.807, 2.05) is 13.8 Å². The van der Waals surface area contributed by atoms with Gasteiger partial charge in [0.1, 0.15) is 0 Å². The van der Waals surface area contributed by atoms with Gasteiger partial charge in [-0.05, 0) is 19.3 Å². The van der Waals surface area contributed by atoms with Crippen molar-refractivity contribution >= 4 is 11.9 Å². The van der Waals surface area contributed by atoms with Crippen LogP contribution in [-0.4, -0.2) is 17.0 Å². The Bertz CT molecular complexity index is 220. The van der Waals surface area contributed by atoms with E-state index in [2.05, 4.69) is 0 Å². The Morgan fingerprint density at radius 3 is 1.87 bits per heavy atom. The number of aliphatic carboxylic acids is 1. The minimum Gasteiger partial charge on any atom is -0.481 e. The fourth-order valence-electron chi connectivity index (χ4n) is 2.02. The van der Waals surface area contributed by atoms with Crippen LogP contribution < -0.4 is 5.73 Å². The van der Waals surface area contributed by atoms with Crippen LogP contribution in [-0.2, 0) is 9.59 Å². The standard InChI is InChI=1S/C11H21NO3/c1-3-6-11(7-4-2,10(14)15)8-5-9(12)13/h3-8H2,1-2H3,(H2,12,13)(H,14,15). The van der Waals surface area contributed by atoms with Gasteiger partial charge in [-0.25, -0.2) is 0 Å². The minimum absolute atomic E-state index is 0.159. The van der Waals surface area contributed by atoms with Gasteiger partial charge in [-0.3, -0.25) is 9.59 Å². The number of hydrogen-bond acceptors (Lipinski definition) is 2. The van der Waals surface area contributed by atoms with Crippen LogP contribution in [0.1, 0.15) is 52.4 Å². The number of carboxylic acids is 1. The molecule has 0 fully saturated rings. The molecule has 0 heterocycles. The molecular weight excluding hydrogens is 194 g/mol. The molecule has 0 saturated carbocycles. The number of rotatable bonds is 8. The maximum atomic E-state index is 11.3. The van der Waals surface area contributed by atoms with Crippen molar-refractivity contribution in [2.75, 3.05) is 0 Å². The van der Waals surface area contributed by atoms with E-state index in [1.54, 1.807) is 0 Å². The summed E-state index contributed by atoms with van der Waals surface area (Å²) in [6.07, 6.45) is 3.37. The Labute approximate surface area is 90.8 Å². The van der Waals surface area contributed by atoms with Gasteiger partial charge >= 0.3 is 5.97 Å². The SMILES string of the molecule is CCCC(CCC)(CCC(N)=O)C(=O)O. The van der Waals surface area contributed by atoms with Crippen LogP contribution >= 0.6 is 0 Å². The molecule has 0 aliphatic heterocycles. The first kappa shape index (κ1) is 13.9. The van der Waals surface area contributed by atoms with E-state index >= 15 is 0 Å². The predicted octanol–water partition coefficient (Wildman–Crippen LogP) is 1.92. The average Bonchev–Trinajstić information content (AvgIpc) is 2.14. The molecule has 1 amide bonds. The summed E-state index contributed by atoms with van der Waals surface area (Å²) in [6, 6.07) is 0. The lowest BCUT2D eigenvalue weighted by Crippen LogP contribution is -2.32. The van der Waals surface area contributed by atoms with Gasteiger partial charge in [0.15, 0.2) is 0 Å². The Morgan fingerprint density at radius 1 is 1.13 bits per heavy atom. The van der Waals surface area contributed by atoms with Crippen LogP contribution in [0.2, 0.25) is 0 Å². The van der Waals surface area contributed by atoms with E-state index in [0.29, 0.717) is 19.3 Å². The molecule has 0 atom stereocenters. The molecule has 3 N–H and O–H groups in total. The lowest BCUT2D eigenvalue weighted by molar-refractivity contribution is -0.150. The van der Waals surface area contributed by atoms with Crippen LogP contribution in [0.15, 0.2) is 0 Å². The normalized spacial score (nSPS) is 11.3. The van der Waals surface area contributed by atoms with Gasteiger partial charge in [-0.15, -0.1) is 0 Å². The molecule has 0 aliphatic carbocycles. The monoisotopic (exact) mass is 215 g/mol. The van der Waals surface area contributed by atoms with Crippen molar-refractivity contribution in [1.29, 1.82) is 0 Å². The molecule has 0 aromatic carbocycles. The molecule has 0 bridgehead atoms. The van der Waals surface area contributed by atoms with Crippen molar-refractivity contribution in [2.45, 2.75) is 52.4 Å². The molecule has 0 radical (unpaired) electrons. The number of amides is 1. The summed E-state index contributed by atoms with van der Waals surface area (Å²) < 4.78 is 0. The third-order valence-electron chi connectivity index (χ3n) is 2.76. The lowest BCUT2D eigenvalue weighted by atomic mass is 9.75. The molecule has 0 unspecified atom stereocenters. The van der Waals surface area contributed by atoms with Gasteiger partial charge < -0.3 is 10.8 Å². The molecule has 0 aromatic heterocycles. The number of carboxylic acid groups (broad SMARTS) is 1. The second-order valence-electron chi connectivity index (χ2n) is 4.05. The fraction of sp³-hybridized carbons (Fsp3) is 0.818. The third kappa shape index (κ3) is 4.32. The van der Waals surface area contributed by atoms with Crippen LogP contribution in [0.5, 0.6) is 0 Å². The smallest absolute Gasteiger partial charge is 0.309 e. The number of carbonyl (C=O) groups is 2. The zero-order chi connectivity index (χ0) is 11.9. The summed E-state index contributed by atoms with van der Waals surface area (Å²) in [7, 11) is 0. The summed E-state index contributed by atoms with van der Waals surface area (Å²) in [4.78, 5) is 22.0. The quantitative estimate of drug-likeness (QED) is 0.649. The zero-order valence-corrected chi connectivity index (χ0v) is 9.58. The Kier molecular flexibility index (Phi) is 5.97. The van der Waals surface area contributed by atoms with E-state index in [1.165, 1.54) is 0 Å². The van der Waals surface area contributed by atoms with Gasteiger partial charge in [-0.2, -0.15) is 0 Å². The van der Waals surface area contributed by atoms with Crippen molar-refractivity contribution in [2.24, 2.45) is 11.1 Å². The summed E-state index contributed by atoms with van der Waals surface area (Å²) >= 11 is 0. The zero-order valence-electron chi connectivity index (χ0n) is 9.58. The summed E-state index contributed by atoms with van der Waals surface area (Å²) in [5.74, 6) is -1.22. The van der Waals surface area contributed by atoms with Crippen molar-refractivity contribution in [1.82, 2.24) is 0 Å². The third-order valence-corrected chi connectivity index (χ3v) is 2.76. The number of hydrogen-bond donors (Lipinski definition) is 2. The van der Waals surface area contributed by atoms with Gasteiger partial charge in [0.2, 0.25) is 5.91 Å². The van der Waals surface area contributed by atoms with Crippen LogP contribution in [0.3, 0.4) is 0 Å². The fourth-order valence-corrected chi connectivity index (χ4v) is 2.02. The van der Waals surface area contributed by atoms with E-state index in [4.69, 9.17) is 5.73 Å². The second-order valence-corrected chi connectivity index (χ2v) is 4.05. The Morgan fingerprint density at radius 2 is 1.60 bits per heavy atom. The van der Waals surface area contributed by atoms with Gasteiger partial charge in [0.05, 0.1) is 5.41 Å². The maximum absolute atomic E-state index is 11.3. The largest absolute Gasteiger partial charge is 0.481 e. The van der Waals surface area contributed by atoms with E-state index in [-0.39, 0.29) is 6.42 Å². The highest BCUT2D eigenvalue weighted by molar-refractivity contribution is 5.77. The number of primary amides is 1. The van der Waals surface area contributed by atoms with Gasteiger partial charge in [0.25, 0.3) is 0 Å². The first-order valence-electron chi connectivity index (χ1n) is 5.50. The molecule has 15 heavy (non-hydrogen) atoms. The Balaban J connectivity index is 4.61. The number of carbonyl (C=O) groups excluding carboxylic acids is 1. The molecule has 0 aliphatic rings. The van der Waals surface area contributed by atoms with Crippen LogP contribution in [0, 0.1) is 5.41 Å².